The Morgan fingerprint density at radius 2 is 2.26 bits per heavy atom. The maximum absolute atomic E-state index is 12.8. The van der Waals surface area contributed by atoms with Crippen LogP contribution >= 0.6 is 22.9 Å². The van der Waals surface area contributed by atoms with Crippen LogP contribution in [-0.4, -0.2) is 35.4 Å². The fourth-order valence-corrected chi connectivity index (χ4v) is 4.47. The highest BCUT2D eigenvalue weighted by Gasteiger charge is 2.32. The van der Waals surface area contributed by atoms with Gasteiger partial charge in [-0.15, -0.1) is 11.3 Å². The van der Waals surface area contributed by atoms with E-state index in [9.17, 15) is 9.59 Å². The van der Waals surface area contributed by atoms with Crippen LogP contribution in [0.4, 0.5) is 5.69 Å². The first-order valence-electron chi connectivity index (χ1n) is 8.82. The van der Waals surface area contributed by atoms with Crippen molar-refractivity contribution in [1.82, 2.24) is 9.88 Å². The molecule has 6 nitrogen and oxygen atoms in total. The number of nitrogen functional groups attached to an aromatic ring is 1. The molecule has 2 N–H and O–H groups in total. The molecule has 2 heterocycles. The zero-order chi connectivity index (χ0) is 19.4. The van der Waals surface area contributed by atoms with Crippen LogP contribution in [0.25, 0.3) is 0 Å². The second-order valence-electron chi connectivity index (χ2n) is 6.52. The minimum atomic E-state index is -0.232. The van der Waals surface area contributed by atoms with Crippen LogP contribution in [0.5, 0.6) is 0 Å². The number of nitrogens with two attached hydrogens (primary N) is 1. The molecular weight excluding hydrogens is 386 g/mol. The number of methoxy groups -OCH3 is 1. The van der Waals surface area contributed by atoms with E-state index < -0.39 is 0 Å². The lowest BCUT2D eigenvalue weighted by atomic mass is 10.1. The number of aryl methyl sites for hydroxylation is 1. The average molecular weight is 408 g/mol. The van der Waals surface area contributed by atoms with Crippen molar-refractivity contribution in [2.24, 2.45) is 0 Å². The number of esters is 1. The van der Waals surface area contributed by atoms with Crippen LogP contribution in [-0.2, 0) is 27.2 Å². The van der Waals surface area contributed by atoms with Crippen molar-refractivity contribution in [1.29, 1.82) is 0 Å². The molecule has 1 fully saturated rings. The summed E-state index contributed by atoms with van der Waals surface area (Å²) in [5.74, 6) is -0.172. The van der Waals surface area contributed by atoms with E-state index in [1.807, 2.05) is 11.0 Å². The van der Waals surface area contributed by atoms with Crippen molar-refractivity contribution >= 4 is 40.5 Å². The number of rotatable bonds is 6. The van der Waals surface area contributed by atoms with E-state index in [0.717, 1.165) is 34.8 Å². The SMILES string of the molecule is COC(=O)CCc1cnc([C@@H]2CCCN2C(=O)Cc2ccc(N)c(Cl)c2)s1. The second kappa shape index (κ2) is 8.71. The number of hydrogen-bond acceptors (Lipinski definition) is 6. The highest BCUT2D eigenvalue weighted by molar-refractivity contribution is 7.11. The van der Waals surface area contributed by atoms with E-state index in [1.54, 1.807) is 29.7 Å². The van der Waals surface area contributed by atoms with Gasteiger partial charge in [-0.1, -0.05) is 17.7 Å². The average Bonchev–Trinajstić information content (AvgIpc) is 3.31. The number of halogens is 1. The van der Waals surface area contributed by atoms with E-state index in [2.05, 4.69) is 9.72 Å². The Bertz CT molecular complexity index is 839. The zero-order valence-electron chi connectivity index (χ0n) is 15.1. The molecule has 0 saturated carbocycles. The fraction of sp³-hybridized carbons (Fsp3) is 0.421. The van der Waals surface area contributed by atoms with Crippen LogP contribution in [0.3, 0.4) is 0 Å². The van der Waals surface area contributed by atoms with E-state index in [1.165, 1.54) is 7.11 Å². The van der Waals surface area contributed by atoms with Crippen molar-refractivity contribution in [2.45, 2.75) is 38.1 Å². The normalized spacial score (nSPS) is 16.5. The predicted molar refractivity (Wildman–Crippen MR) is 106 cm³/mol. The molecule has 1 amide bonds. The molecule has 0 unspecified atom stereocenters. The maximum atomic E-state index is 12.8. The van der Waals surface area contributed by atoms with E-state index in [4.69, 9.17) is 17.3 Å². The minimum absolute atomic E-state index is 0.00127. The number of benzene rings is 1. The number of likely N-dealkylation sites (tertiary alicyclic amines) is 1. The first kappa shape index (κ1) is 19.6. The summed E-state index contributed by atoms with van der Waals surface area (Å²) in [7, 11) is 1.39. The summed E-state index contributed by atoms with van der Waals surface area (Å²) in [6.45, 7) is 0.725. The molecular formula is C19H22ClN3O3S. The van der Waals surface area contributed by atoms with Crippen molar-refractivity contribution < 1.29 is 14.3 Å². The van der Waals surface area contributed by atoms with Crippen molar-refractivity contribution in [3.8, 4) is 0 Å². The van der Waals surface area contributed by atoms with Crippen LogP contribution in [0.1, 0.15) is 40.8 Å². The largest absolute Gasteiger partial charge is 0.469 e. The quantitative estimate of drug-likeness (QED) is 0.586. The Morgan fingerprint density at radius 3 is 3.00 bits per heavy atom. The standard InChI is InChI=1S/C19H22ClN3O3S/c1-26-18(25)7-5-13-11-22-19(27-13)16-3-2-8-23(16)17(24)10-12-4-6-15(21)14(20)9-12/h4,6,9,11,16H,2-3,5,7-8,10,21H2,1H3/t16-/m0/s1. The Labute approximate surface area is 167 Å². The number of thiazole rings is 1. The Kier molecular flexibility index (Phi) is 6.34. The summed E-state index contributed by atoms with van der Waals surface area (Å²) in [5.41, 5.74) is 7.09. The summed E-state index contributed by atoms with van der Waals surface area (Å²) >= 11 is 7.62. The lowest BCUT2D eigenvalue weighted by Gasteiger charge is -2.23. The van der Waals surface area contributed by atoms with Gasteiger partial charge in [-0.2, -0.15) is 0 Å². The molecule has 0 bridgehead atoms. The molecule has 1 saturated heterocycles. The van der Waals surface area contributed by atoms with Gasteiger partial charge in [0, 0.05) is 17.6 Å². The monoisotopic (exact) mass is 407 g/mol. The Morgan fingerprint density at radius 1 is 1.44 bits per heavy atom. The molecule has 1 aliphatic rings. The van der Waals surface area contributed by atoms with Gasteiger partial charge in [-0.05, 0) is 37.0 Å². The Hall–Kier alpha value is -2.12. The fourth-order valence-electron chi connectivity index (χ4n) is 3.20. The van der Waals surface area contributed by atoms with Gasteiger partial charge in [-0.3, -0.25) is 9.59 Å². The molecule has 2 aromatic rings. The third-order valence-electron chi connectivity index (χ3n) is 4.65. The lowest BCUT2D eigenvalue weighted by molar-refractivity contribution is -0.140. The number of aromatic nitrogens is 1. The molecule has 144 valence electrons. The van der Waals surface area contributed by atoms with E-state index in [-0.39, 0.29) is 24.3 Å². The molecule has 8 heteroatoms. The highest BCUT2D eigenvalue weighted by Crippen LogP contribution is 2.35. The number of anilines is 1. The van der Waals surface area contributed by atoms with Gasteiger partial charge in [0.05, 0.1) is 36.7 Å². The zero-order valence-corrected chi connectivity index (χ0v) is 16.7. The predicted octanol–water partition coefficient (Wildman–Crippen LogP) is 3.39. The highest BCUT2D eigenvalue weighted by atomic mass is 35.5. The summed E-state index contributed by atoms with van der Waals surface area (Å²) < 4.78 is 4.67. The van der Waals surface area contributed by atoms with Gasteiger partial charge in [0.1, 0.15) is 5.01 Å². The molecule has 27 heavy (non-hydrogen) atoms. The van der Waals surface area contributed by atoms with Crippen LogP contribution in [0, 0.1) is 0 Å². The summed E-state index contributed by atoms with van der Waals surface area (Å²) in [6, 6.07) is 5.30. The van der Waals surface area contributed by atoms with E-state index in [0.29, 0.717) is 23.6 Å². The van der Waals surface area contributed by atoms with Gasteiger partial charge >= 0.3 is 5.97 Å². The Balaban J connectivity index is 1.66. The molecule has 1 aliphatic heterocycles. The number of nitrogens with zero attached hydrogens (tertiary/aromatic N) is 2. The summed E-state index contributed by atoms with van der Waals surface area (Å²) in [4.78, 5) is 31.5. The number of carbonyl (C=O) groups excluding carboxylic acids is 2. The molecule has 1 aromatic heterocycles. The van der Waals surface area contributed by atoms with Gasteiger partial charge < -0.3 is 15.4 Å². The van der Waals surface area contributed by atoms with Crippen LogP contribution in [0.2, 0.25) is 5.02 Å². The minimum Gasteiger partial charge on any atom is -0.469 e. The number of carbonyl (C=O) groups is 2. The molecule has 3 rings (SSSR count). The maximum Gasteiger partial charge on any atom is 0.305 e. The topological polar surface area (TPSA) is 85.5 Å². The number of amides is 1. The van der Waals surface area contributed by atoms with Gasteiger partial charge in [0.15, 0.2) is 0 Å². The first-order chi connectivity index (χ1) is 13.0. The smallest absolute Gasteiger partial charge is 0.305 e. The van der Waals surface area contributed by atoms with Crippen molar-refractivity contribution in [3.63, 3.8) is 0 Å². The third-order valence-corrected chi connectivity index (χ3v) is 6.14. The molecule has 0 spiro atoms. The molecule has 1 aromatic carbocycles. The van der Waals surface area contributed by atoms with Gasteiger partial charge in [-0.25, -0.2) is 4.98 Å². The summed E-state index contributed by atoms with van der Waals surface area (Å²) in [5, 5.41) is 1.39. The summed E-state index contributed by atoms with van der Waals surface area (Å²) in [6.07, 6.45) is 4.88. The number of hydrogen-bond donors (Lipinski definition) is 1. The molecule has 0 aliphatic carbocycles. The molecule has 0 radical (unpaired) electrons. The van der Waals surface area contributed by atoms with Crippen LogP contribution in [0.15, 0.2) is 24.4 Å². The van der Waals surface area contributed by atoms with Gasteiger partial charge in [0.2, 0.25) is 5.91 Å². The van der Waals surface area contributed by atoms with Crippen molar-refractivity contribution in [2.75, 3.05) is 19.4 Å². The van der Waals surface area contributed by atoms with Crippen LogP contribution < -0.4 is 5.73 Å². The van der Waals surface area contributed by atoms with E-state index >= 15 is 0 Å². The molecule has 1 atom stereocenters. The second-order valence-corrected chi connectivity index (χ2v) is 8.07. The van der Waals surface area contributed by atoms with Crippen molar-refractivity contribution in [3.05, 3.63) is 44.9 Å². The lowest BCUT2D eigenvalue weighted by Crippen LogP contribution is -2.31. The number of ether oxygens (including phenoxy) is 1. The third kappa shape index (κ3) is 4.78. The van der Waals surface area contributed by atoms with Gasteiger partial charge in [0.25, 0.3) is 0 Å². The first-order valence-corrected chi connectivity index (χ1v) is 10.0.